The Morgan fingerprint density at radius 1 is 1.09 bits per heavy atom. The summed E-state index contributed by atoms with van der Waals surface area (Å²) in [5.74, 6) is 0.473. The fourth-order valence-electron chi connectivity index (χ4n) is 6.11. The van der Waals surface area contributed by atoms with Gasteiger partial charge in [0.1, 0.15) is 0 Å². The molecule has 35 heavy (non-hydrogen) atoms. The Bertz CT molecular complexity index is 1030. The van der Waals surface area contributed by atoms with Gasteiger partial charge in [-0.2, -0.15) is 0 Å². The van der Waals surface area contributed by atoms with Crippen molar-refractivity contribution in [3.63, 3.8) is 0 Å². The minimum absolute atomic E-state index is 0.0892. The zero-order valence-corrected chi connectivity index (χ0v) is 21.0. The molecular weight excluding hydrogens is 460 g/mol. The Morgan fingerprint density at radius 3 is 2.57 bits per heavy atom. The number of rotatable bonds is 7. The minimum Gasteiger partial charge on any atom is -0.343 e. The molecule has 2 aromatic rings. The molecule has 1 N–H and O–H groups in total. The van der Waals surface area contributed by atoms with Gasteiger partial charge in [0.15, 0.2) is 5.54 Å². The highest BCUT2D eigenvalue weighted by molar-refractivity contribution is 7.09. The van der Waals surface area contributed by atoms with Crippen LogP contribution in [-0.4, -0.2) is 52.3 Å². The molecule has 1 atom stereocenters. The van der Waals surface area contributed by atoms with Crippen LogP contribution in [0.3, 0.4) is 0 Å². The Balaban J connectivity index is 1.30. The van der Waals surface area contributed by atoms with Crippen LogP contribution >= 0.6 is 11.3 Å². The maximum Gasteiger partial charge on any atom is 0.325 e. The number of aromatic nitrogens is 1. The third-order valence-electron chi connectivity index (χ3n) is 8.06. The van der Waals surface area contributed by atoms with Gasteiger partial charge in [0.05, 0.1) is 0 Å². The summed E-state index contributed by atoms with van der Waals surface area (Å²) in [6.07, 6.45) is 12.1. The zero-order valence-electron chi connectivity index (χ0n) is 20.2. The molecule has 5 rings (SSSR count). The number of piperidine rings is 1. The van der Waals surface area contributed by atoms with Crippen LogP contribution in [0.25, 0.3) is 0 Å². The summed E-state index contributed by atoms with van der Waals surface area (Å²) >= 11 is 1.63. The molecule has 2 saturated heterocycles. The molecule has 1 saturated carbocycles. The molecule has 2 aliphatic heterocycles. The SMILES string of the molecule is O=C(CC1CCCCC1)N1CCC(C2(c3cccnc3)NC(=O)N(CCc3cccs3)C2=O)CC1. The number of hydrogen-bond acceptors (Lipinski definition) is 5. The lowest BCUT2D eigenvalue weighted by molar-refractivity contribution is -0.137. The molecule has 4 amide bonds. The molecule has 2 aromatic heterocycles. The van der Waals surface area contributed by atoms with Crippen LogP contribution in [0.2, 0.25) is 0 Å². The fraction of sp³-hybridized carbons (Fsp3) is 0.556. The van der Waals surface area contributed by atoms with Crippen LogP contribution in [0.15, 0.2) is 42.0 Å². The van der Waals surface area contributed by atoms with Gasteiger partial charge in [0.2, 0.25) is 5.91 Å². The quantitative estimate of drug-likeness (QED) is 0.581. The van der Waals surface area contributed by atoms with Gasteiger partial charge in [-0.15, -0.1) is 11.3 Å². The van der Waals surface area contributed by atoms with Crippen molar-refractivity contribution in [1.29, 1.82) is 0 Å². The molecule has 8 heteroatoms. The monoisotopic (exact) mass is 494 g/mol. The molecule has 0 aromatic carbocycles. The van der Waals surface area contributed by atoms with Crippen molar-refractivity contribution < 1.29 is 14.4 Å². The van der Waals surface area contributed by atoms with Crippen molar-refractivity contribution in [2.24, 2.45) is 11.8 Å². The Morgan fingerprint density at radius 2 is 1.89 bits per heavy atom. The smallest absolute Gasteiger partial charge is 0.325 e. The second-order valence-electron chi connectivity index (χ2n) is 10.1. The molecule has 7 nitrogen and oxygen atoms in total. The lowest BCUT2D eigenvalue weighted by Crippen LogP contribution is -2.54. The minimum atomic E-state index is -1.13. The average molecular weight is 495 g/mol. The van der Waals surface area contributed by atoms with Gasteiger partial charge in [-0.1, -0.05) is 31.4 Å². The van der Waals surface area contributed by atoms with E-state index in [1.807, 2.05) is 34.5 Å². The maximum absolute atomic E-state index is 13.9. The average Bonchev–Trinajstić information content (AvgIpc) is 3.50. The number of nitrogens with zero attached hydrogens (tertiary/aromatic N) is 3. The van der Waals surface area contributed by atoms with Gasteiger partial charge in [0, 0.05) is 48.9 Å². The normalized spacial score (nSPS) is 24.1. The molecule has 0 bridgehead atoms. The van der Waals surface area contributed by atoms with E-state index in [2.05, 4.69) is 10.3 Å². The van der Waals surface area contributed by atoms with Crippen LogP contribution in [0.4, 0.5) is 4.79 Å². The third kappa shape index (κ3) is 4.85. The standard InChI is InChI=1S/C27H34N4O3S/c32-24(18-20-6-2-1-3-7-20)30-14-10-21(11-15-30)27(22-8-4-13-28-19-22)25(33)31(26(34)29-27)16-12-23-9-5-17-35-23/h4-5,8-9,13,17,19-21H,1-3,6-7,10-12,14-16,18H2,(H,29,34). The molecule has 1 unspecified atom stereocenters. The van der Waals surface area contributed by atoms with E-state index < -0.39 is 5.54 Å². The van der Waals surface area contributed by atoms with E-state index >= 15 is 0 Å². The van der Waals surface area contributed by atoms with Crippen molar-refractivity contribution in [2.75, 3.05) is 19.6 Å². The van der Waals surface area contributed by atoms with E-state index in [4.69, 9.17) is 0 Å². The number of carbonyl (C=O) groups excluding carboxylic acids is 3. The van der Waals surface area contributed by atoms with Crippen LogP contribution in [-0.2, 0) is 21.5 Å². The van der Waals surface area contributed by atoms with Crippen LogP contribution in [0.5, 0.6) is 0 Å². The highest BCUT2D eigenvalue weighted by atomic mass is 32.1. The van der Waals surface area contributed by atoms with Gasteiger partial charge in [0.25, 0.3) is 5.91 Å². The first-order valence-corrected chi connectivity index (χ1v) is 13.8. The van der Waals surface area contributed by atoms with Gasteiger partial charge in [-0.05, 0) is 61.5 Å². The Hall–Kier alpha value is -2.74. The number of amides is 4. The van der Waals surface area contributed by atoms with Crippen molar-refractivity contribution in [3.8, 4) is 0 Å². The number of carbonyl (C=O) groups is 3. The largest absolute Gasteiger partial charge is 0.343 e. The highest BCUT2D eigenvalue weighted by Gasteiger charge is 2.57. The Kier molecular flexibility index (Phi) is 7.18. The van der Waals surface area contributed by atoms with Gasteiger partial charge < -0.3 is 10.2 Å². The fourth-order valence-corrected chi connectivity index (χ4v) is 6.81. The first-order valence-electron chi connectivity index (χ1n) is 12.9. The number of thiophene rings is 1. The summed E-state index contributed by atoms with van der Waals surface area (Å²) in [6, 6.07) is 7.36. The highest BCUT2D eigenvalue weighted by Crippen LogP contribution is 2.41. The van der Waals surface area contributed by atoms with Gasteiger partial charge in [-0.25, -0.2) is 4.79 Å². The number of imide groups is 1. The molecule has 4 heterocycles. The second-order valence-corrected chi connectivity index (χ2v) is 11.2. The lowest BCUT2D eigenvalue weighted by atomic mass is 9.73. The maximum atomic E-state index is 13.9. The first kappa shape index (κ1) is 24.0. The topological polar surface area (TPSA) is 82.6 Å². The van der Waals surface area contributed by atoms with E-state index in [0.29, 0.717) is 51.2 Å². The number of likely N-dealkylation sites (tertiary alicyclic amines) is 1. The van der Waals surface area contributed by atoms with Crippen molar-refractivity contribution in [1.82, 2.24) is 20.1 Å². The second kappa shape index (κ2) is 10.5. The lowest BCUT2D eigenvalue weighted by Gasteiger charge is -2.41. The van der Waals surface area contributed by atoms with E-state index in [1.54, 1.807) is 23.7 Å². The summed E-state index contributed by atoms with van der Waals surface area (Å²) in [6.45, 7) is 1.60. The summed E-state index contributed by atoms with van der Waals surface area (Å²) in [5, 5.41) is 5.09. The molecule has 0 radical (unpaired) electrons. The number of pyridine rings is 1. The molecule has 3 fully saturated rings. The molecule has 186 valence electrons. The van der Waals surface area contributed by atoms with Crippen molar-refractivity contribution in [3.05, 3.63) is 52.5 Å². The van der Waals surface area contributed by atoms with Gasteiger partial charge >= 0.3 is 6.03 Å². The Labute approximate surface area is 210 Å². The van der Waals surface area contributed by atoms with E-state index in [-0.39, 0.29) is 23.8 Å². The summed E-state index contributed by atoms with van der Waals surface area (Å²) in [5.41, 5.74) is -0.400. The predicted molar refractivity (Wildman–Crippen MR) is 135 cm³/mol. The van der Waals surface area contributed by atoms with Gasteiger partial charge in [-0.3, -0.25) is 19.5 Å². The zero-order chi connectivity index (χ0) is 24.3. The van der Waals surface area contributed by atoms with E-state index in [1.165, 1.54) is 24.2 Å². The summed E-state index contributed by atoms with van der Waals surface area (Å²) in [4.78, 5) is 48.7. The van der Waals surface area contributed by atoms with Crippen molar-refractivity contribution >= 4 is 29.2 Å². The van der Waals surface area contributed by atoms with E-state index in [9.17, 15) is 14.4 Å². The van der Waals surface area contributed by atoms with Crippen LogP contribution in [0.1, 0.15) is 61.8 Å². The predicted octanol–water partition coefficient (Wildman–Crippen LogP) is 4.34. The number of nitrogens with one attached hydrogen (secondary N) is 1. The third-order valence-corrected chi connectivity index (χ3v) is 8.99. The van der Waals surface area contributed by atoms with Crippen LogP contribution < -0.4 is 5.32 Å². The molecule has 1 aliphatic carbocycles. The molecule has 0 spiro atoms. The van der Waals surface area contributed by atoms with E-state index in [0.717, 1.165) is 23.3 Å². The first-order chi connectivity index (χ1) is 17.1. The van der Waals surface area contributed by atoms with Crippen molar-refractivity contribution in [2.45, 2.75) is 63.3 Å². The molecular formula is C27H34N4O3S. The number of urea groups is 1. The summed E-state index contributed by atoms with van der Waals surface area (Å²) in [7, 11) is 0. The molecule has 3 aliphatic rings. The summed E-state index contributed by atoms with van der Waals surface area (Å²) < 4.78 is 0. The van der Waals surface area contributed by atoms with Crippen LogP contribution in [0, 0.1) is 11.8 Å². The number of hydrogen-bond donors (Lipinski definition) is 1.